The van der Waals surface area contributed by atoms with Gasteiger partial charge in [-0.05, 0) is 0 Å². The van der Waals surface area contributed by atoms with Crippen molar-refractivity contribution < 1.29 is 19.1 Å². The lowest BCUT2D eigenvalue weighted by molar-refractivity contribution is -0.683. The first-order valence-corrected chi connectivity index (χ1v) is 7.52. The number of hydrogen-bond acceptors (Lipinski definition) is 2. The van der Waals surface area contributed by atoms with Gasteiger partial charge in [-0.25, -0.2) is 4.99 Å². The smallest absolute Gasteiger partial charge is 0.269 e. The number of carbonyl (C=O) groups excluding carboxylic acids is 2. The van der Waals surface area contributed by atoms with Gasteiger partial charge < -0.3 is 0 Å². The number of allylic oxidation sites excluding steroid dienone is 2. The van der Waals surface area contributed by atoms with Gasteiger partial charge in [0.1, 0.15) is 6.72 Å². The average Bonchev–Trinajstić information content (AvgIpc) is 2.60. The predicted molar refractivity (Wildman–Crippen MR) is 93.1 cm³/mol. The zero-order valence-corrected chi connectivity index (χ0v) is 14.5. The summed E-state index contributed by atoms with van der Waals surface area (Å²) in [6.45, 7) is 14.1. The Kier molecular flexibility index (Phi) is 24.0. The molecule has 0 fully saturated rings. The van der Waals surface area contributed by atoms with Crippen molar-refractivity contribution in [1.29, 1.82) is 0 Å². The van der Waals surface area contributed by atoms with Gasteiger partial charge in [0.2, 0.25) is 13.1 Å². The largest absolute Gasteiger partial charge is 0.283 e. The van der Waals surface area contributed by atoms with Crippen LogP contribution in [0.5, 0.6) is 0 Å². The van der Waals surface area contributed by atoms with Gasteiger partial charge >= 0.3 is 0 Å². The van der Waals surface area contributed by atoms with E-state index >= 15 is 0 Å². The van der Waals surface area contributed by atoms with Gasteiger partial charge in [-0.1, -0.05) is 45.2 Å². The number of ketones is 2. The van der Waals surface area contributed by atoms with Crippen LogP contribution in [-0.4, -0.2) is 31.2 Å². The molecule has 0 aromatic carbocycles. The quantitative estimate of drug-likeness (QED) is 0.280. The second-order valence-corrected chi connectivity index (χ2v) is 3.29. The number of aromatic nitrogens is 1. The van der Waals surface area contributed by atoms with Crippen molar-refractivity contribution in [3.05, 3.63) is 55.9 Å². The second-order valence-electron chi connectivity index (χ2n) is 3.29. The second kappa shape index (κ2) is 21.2. The molecular formula is C17H27ClN2O2+2. The van der Waals surface area contributed by atoms with E-state index in [1.165, 1.54) is 6.38 Å². The van der Waals surface area contributed by atoms with Gasteiger partial charge in [0.05, 0.1) is 0 Å². The summed E-state index contributed by atoms with van der Waals surface area (Å²) in [6.07, 6.45) is 8.23. The molecule has 0 aliphatic rings. The molecule has 0 radical (unpaired) electrons. The molecular weight excluding hydrogens is 300 g/mol. The number of Topliss-reactive ketones (excluding diaryl/α,β-unsaturated/α-hetero) is 2. The molecule has 0 aliphatic carbocycles. The summed E-state index contributed by atoms with van der Waals surface area (Å²) < 4.78 is 1.66. The minimum atomic E-state index is -0.448. The number of alkyl halides is 1. The minimum absolute atomic E-state index is 0.00771. The maximum atomic E-state index is 11.3. The van der Waals surface area contributed by atoms with E-state index in [9.17, 15) is 9.59 Å². The maximum absolute atomic E-state index is 11.3. The van der Waals surface area contributed by atoms with E-state index in [0.29, 0.717) is 0 Å². The van der Waals surface area contributed by atoms with Crippen LogP contribution in [0.3, 0.4) is 0 Å². The van der Waals surface area contributed by atoms with Gasteiger partial charge in [-0.15, -0.1) is 11.6 Å². The van der Waals surface area contributed by atoms with Crippen molar-refractivity contribution in [2.24, 2.45) is 0 Å². The molecule has 0 bridgehead atoms. The molecule has 0 spiro atoms. The summed E-state index contributed by atoms with van der Waals surface area (Å²) >= 11 is 4.64. The molecule has 1 N–H and O–H groups in total. The number of nitrogens with one attached hydrogen (secondary N) is 1. The van der Waals surface area contributed by atoms with Crippen LogP contribution in [0.4, 0.5) is 0 Å². The van der Waals surface area contributed by atoms with E-state index in [0.717, 1.165) is 0 Å². The Labute approximate surface area is 138 Å². The number of carbonyl (C=O) groups is 2. The monoisotopic (exact) mass is 326 g/mol. The molecule has 0 saturated heterocycles. The zero-order valence-electron chi connectivity index (χ0n) is 13.7. The molecule has 0 unspecified atom stereocenters. The summed E-state index contributed by atoms with van der Waals surface area (Å²) in [7, 11) is 0. The highest BCUT2D eigenvalue weighted by Gasteiger charge is 2.19. The Balaban J connectivity index is -0.000000383. The van der Waals surface area contributed by atoms with Crippen molar-refractivity contribution in [3.8, 4) is 0 Å². The third-order valence-corrected chi connectivity index (χ3v) is 1.87. The van der Waals surface area contributed by atoms with Gasteiger partial charge in [-0.2, -0.15) is 4.57 Å². The Morgan fingerprint density at radius 2 is 1.50 bits per heavy atom. The molecule has 1 rings (SSSR count). The number of nitrogens with zero attached hydrogens (tertiary/aromatic N) is 1. The van der Waals surface area contributed by atoms with Crippen LogP contribution in [0.25, 0.3) is 0 Å². The Hall–Kier alpha value is -2.07. The summed E-state index contributed by atoms with van der Waals surface area (Å²) in [5.74, 6) is -0.867. The standard InChI is InChI=1S/C10H11N2O2.C4H6.C2H6.CH3Cl/c1-11-7-9(13)10(14)8-12-5-3-2-4-6-12;1-3-4-2;2*1-2/h2-6H,1,7-8H2;3-4H,1-2H2;1-2H3;1H3/q+1;;;/p+1. The van der Waals surface area contributed by atoms with Crippen LogP contribution in [0.15, 0.2) is 55.9 Å². The Morgan fingerprint density at radius 1 is 1.05 bits per heavy atom. The normalized spacial score (nSPS) is 7.45. The number of hydrogen-bond donors (Lipinski definition) is 1. The summed E-state index contributed by atoms with van der Waals surface area (Å²) in [5.41, 5.74) is 0. The first kappa shape index (κ1) is 24.9. The molecule has 1 aromatic heterocycles. The van der Waals surface area contributed by atoms with Crippen molar-refractivity contribution in [1.82, 2.24) is 0 Å². The van der Waals surface area contributed by atoms with Crippen molar-refractivity contribution in [2.45, 2.75) is 20.4 Å². The molecule has 4 nitrogen and oxygen atoms in total. The lowest BCUT2D eigenvalue weighted by Crippen LogP contribution is -2.69. The highest BCUT2D eigenvalue weighted by atomic mass is 35.5. The SMILES string of the molecule is C=CC=C.C=[NH+]CC(=O)C(=O)C[n+]1ccccc1.CC.CCl. The first-order chi connectivity index (χ1) is 10.7. The lowest BCUT2D eigenvalue weighted by atomic mass is 10.2. The topological polar surface area (TPSA) is 52.0 Å². The van der Waals surface area contributed by atoms with Crippen molar-refractivity contribution >= 4 is 29.9 Å². The molecule has 22 heavy (non-hydrogen) atoms. The van der Waals surface area contributed by atoms with Crippen molar-refractivity contribution in [3.63, 3.8) is 0 Å². The van der Waals surface area contributed by atoms with E-state index in [1.54, 1.807) is 41.2 Å². The molecule has 5 heteroatoms. The highest BCUT2D eigenvalue weighted by molar-refractivity contribution is 6.37. The molecule has 0 atom stereocenters. The molecule has 1 aromatic rings. The third kappa shape index (κ3) is 16.0. The molecule has 122 valence electrons. The third-order valence-electron chi connectivity index (χ3n) is 1.87. The number of rotatable bonds is 6. The minimum Gasteiger partial charge on any atom is -0.283 e. The van der Waals surface area contributed by atoms with Crippen LogP contribution in [0.2, 0.25) is 0 Å². The van der Waals surface area contributed by atoms with Crippen LogP contribution in [0, 0.1) is 0 Å². The fourth-order valence-electron chi connectivity index (χ4n) is 1.01. The summed E-state index contributed by atoms with van der Waals surface area (Å²) in [5, 5.41) is 0. The van der Waals surface area contributed by atoms with Gasteiger partial charge in [0.25, 0.3) is 11.6 Å². The van der Waals surface area contributed by atoms with Crippen LogP contribution in [0.1, 0.15) is 13.8 Å². The summed E-state index contributed by atoms with van der Waals surface area (Å²) in [4.78, 5) is 24.8. The zero-order chi connectivity index (χ0) is 17.8. The molecule has 0 aliphatic heterocycles. The maximum Gasteiger partial charge on any atom is 0.269 e. The van der Waals surface area contributed by atoms with Gasteiger partial charge in [0.15, 0.2) is 12.4 Å². The summed E-state index contributed by atoms with van der Waals surface area (Å²) in [6, 6.07) is 5.45. The molecule has 0 saturated carbocycles. The Morgan fingerprint density at radius 3 is 1.86 bits per heavy atom. The van der Waals surface area contributed by atoms with E-state index in [1.807, 2.05) is 19.9 Å². The van der Waals surface area contributed by atoms with E-state index < -0.39 is 11.6 Å². The Bertz CT molecular complexity index is 426. The number of halogens is 1. The number of pyridine rings is 1. The first-order valence-electron chi connectivity index (χ1n) is 6.77. The van der Waals surface area contributed by atoms with E-state index in [-0.39, 0.29) is 13.1 Å². The fraction of sp³-hybridized carbons (Fsp3) is 0.294. The fourth-order valence-corrected chi connectivity index (χ4v) is 1.01. The van der Waals surface area contributed by atoms with Crippen LogP contribution < -0.4 is 9.56 Å². The van der Waals surface area contributed by atoms with E-state index in [2.05, 4.69) is 36.5 Å². The van der Waals surface area contributed by atoms with Gasteiger partial charge in [0, 0.05) is 18.5 Å². The van der Waals surface area contributed by atoms with Gasteiger partial charge in [-0.3, -0.25) is 9.59 Å². The predicted octanol–water partition coefficient (Wildman–Crippen LogP) is 1.13. The average molecular weight is 327 g/mol. The lowest BCUT2D eigenvalue weighted by Gasteiger charge is -1.92. The van der Waals surface area contributed by atoms with Crippen LogP contribution >= 0.6 is 11.6 Å². The molecule has 1 heterocycles. The molecule has 0 amide bonds. The van der Waals surface area contributed by atoms with Crippen molar-refractivity contribution in [2.75, 3.05) is 12.9 Å². The highest BCUT2D eigenvalue weighted by Crippen LogP contribution is 1.79. The van der Waals surface area contributed by atoms with Crippen LogP contribution in [-0.2, 0) is 16.1 Å². The van der Waals surface area contributed by atoms with E-state index in [4.69, 9.17) is 0 Å².